The van der Waals surface area contributed by atoms with E-state index in [9.17, 15) is 21.6 Å². The molecule has 0 heterocycles. The maximum atomic E-state index is 11.0. The molecule has 0 amide bonds. The van der Waals surface area contributed by atoms with Crippen molar-refractivity contribution in [2.24, 2.45) is 0 Å². The molecule has 0 aliphatic heterocycles. The highest BCUT2D eigenvalue weighted by Crippen LogP contribution is 2.07. The zero-order valence-electron chi connectivity index (χ0n) is 8.05. The largest absolute Gasteiger partial charge is 0.463 e. The second-order valence-corrected chi connectivity index (χ2v) is 7.65. The Morgan fingerprint density at radius 3 is 1.71 bits per heavy atom. The molecule has 0 saturated heterocycles. The lowest BCUT2D eigenvalue weighted by Gasteiger charge is -2.12. The van der Waals surface area contributed by atoms with Crippen LogP contribution in [0.3, 0.4) is 0 Å². The van der Waals surface area contributed by atoms with Crippen molar-refractivity contribution in [3.63, 3.8) is 0 Å². The number of hydrogen-bond acceptors (Lipinski definition) is 6. The van der Waals surface area contributed by atoms with E-state index in [1.54, 1.807) is 0 Å². The maximum absolute atomic E-state index is 11.0. The quantitative estimate of drug-likeness (QED) is 0.586. The standard InChI is InChI=1S/C6H12O6S2/c1-5(7)12-4-6(13(2,8)9)14(3,10)11/h6H,4H2,1-3H3. The van der Waals surface area contributed by atoms with Crippen LogP contribution in [0.2, 0.25) is 0 Å². The van der Waals surface area contributed by atoms with Crippen LogP contribution in [0.5, 0.6) is 0 Å². The lowest BCUT2D eigenvalue weighted by atomic mass is 10.8. The lowest BCUT2D eigenvalue weighted by Crippen LogP contribution is -2.34. The van der Waals surface area contributed by atoms with Crippen molar-refractivity contribution in [2.75, 3.05) is 19.1 Å². The van der Waals surface area contributed by atoms with E-state index in [4.69, 9.17) is 0 Å². The van der Waals surface area contributed by atoms with E-state index in [2.05, 4.69) is 4.74 Å². The predicted molar refractivity (Wildman–Crippen MR) is 50.1 cm³/mol. The number of esters is 1. The Kier molecular flexibility index (Phi) is 4.07. The summed E-state index contributed by atoms with van der Waals surface area (Å²) in [6, 6.07) is 0. The van der Waals surface area contributed by atoms with E-state index < -0.39 is 36.8 Å². The minimum atomic E-state index is -3.78. The third-order valence-electron chi connectivity index (χ3n) is 1.38. The van der Waals surface area contributed by atoms with Crippen molar-refractivity contribution in [1.82, 2.24) is 0 Å². The molecule has 0 aromatic rings. The highest BCUT2D eigenvalue weighted by atomic mass is 32.3. The van der Waals surface area contributed by atoms with Gasteiger partial charge in [-0.25, -0.2) is 16.8 Å². The highest BCUT2D eigenvalue weighted by molar-refractivity contribution is 8.08. The summed E-state index contributed by atoms with van der Waals surface area (Å²) in [6.07, 6.45) is 1.56. The summed E-state index contributed by atoms with van der Waals surface area (Å²) in [5, 5.41) is 0. The van der Waals surface area contributed by atoms with Gasteiger partial charge in [-0.3, -0.25) is 4.79 Å². The molecule has 0 fully saturated rings. The van der Waals surface area contributed by atoms with Gasteiger partial charge < -0.3 is 4.74 Å². The fourth-order valence-corrected chi connectivity index (χ4v) is 3.92. The zero-order chi connectivity index (χ0) is 11.6. The Bertz CT molecular complexity index is 372. The van der Waals surface area contributed by atoms with E-state index in [0.29, 0.717) is 0 Å². The monoisotopic (exact) mass is 244 g/mol. The second-order valence-electron chi connectivity index (χ2n) is 2.89. The molecule has 0 saturated carbocycles. The summed E-state index contributed by atoms with van der Waals surface area (Å²) in [5.74, 6) is -0.720. The summed E-state index contributed by atoms with van der Waals surface area (Å²) in [4.78, 5) is 10.4. The minimum Gasteiger partial charge on any atom is -0.463 e. The Hall–Kier alpha value is -0.630. The average molecular weight is 244 g/mol. The van der Waals surface area contributed by atoms with Crippen molar-refractivity contribution in [3.05, 3.63) is 0 Å². The van der Waals surface area contributed by atoms with Gasteiger partial charge in [0.25, 0.3) is 0 Å². The summed E-state index contributed by atoms with van der Waals surface area (Å²) < 4.78 is 46.8. The minimum absolute atomic E-state index is 0.660. The first kappa shape index (κ1) is 13.4. The summed E-state index contributed by atoms with van der Waals surface area (Å²) in [6.45, 7) is 0.411. The van der Waals surface area contributed by atoms with E-state index >= 15 is 0 Å². The zero-order valence-corrected chi connectivity index (χ0v) is 9.68. The van der Waals surface area contributed by atoms with Crippen LogP contribution in [0.25, 0.3) is 0 Å². The molecule has 0 N–H and O–H groups in total. The molecule has 0 rings (SSSR count). The third-order valence-corrected chi connectivity index (χ3v) is 5.66. The van der Waals surface area contributed by atoms with Crippen molar-refractivity contribution < 1.29 is 26.4 Å². The van der Waals surface area contributed by atoms with Gasteiger partial charge in [0.2, 0.25) is 0 Å². The molecule has 84 valence electrons. The van der Waals surface area contributed by atoms with Crippen LogP contribution in [0.1, 0.15) is 6.92 Å². The van der Waals surface area contributed by atoms with Gasteiger partial charge in [0.1, 0.15) is 6.61 Å². The molecule has 8 heteroatoms. The van der Waals surface area contributed by atoms with Crippen molar-refractivity contribution in [3.8, 4) is 0 Å². The number of carbonyl (C=O) groups is 1. The van der Waals surface area contributed by atoms with Gasteiger partial charge in [0.05, 0.1) is 0 Å². The molecular formula is C6H12O6S2. The number of ether oxygens (including phenoxy) is 1. The Morgan fingerprint density at radius 1 is 1.14 bits per heavy atom. The Labute approximate surface area is 83.1 Å². The summed E-state index contributed by atoms with van der Waals surface area (Å²) >= 11 is 0. The van der Waals surface area contributed by atoms with Crippen LogP contribution >= 0.6 is 0 Å². The van der Waals surface area contributed by atoms with Gasteiger partial charge in [0, 0.05) is 19.4 Å². The van der Waals surface area contributed by atoms with E-state index in [-0.39, 0.29) is 0 Å². The first-order valence-electron chi connectivity index (χ1n) is 3.56. The van der Waals surface area contributed by atoms with Crippen LogP contribution < -0.4 is 0 Å². The lowest BCUT2D eigenvalue weighted by molar-refractivity contribution is -0.140. The Balaban J connectivity index is 4.88. The summed E-state index contributed by atoms with van der Waals surface area (Å²) in [7, 11) is -7.57. The van der Waals surface area contributed by atoms with Crippen molar-refractivity contribution in [2.45, 2.75) is 11.5 Å². The number of carbonyl (C=O) groups excluding carboxylic acids is 1. The third kappa shape index (κ3) is 4.56. The van der Waals surface area contributed by atoms with Gasteiger partial charge in [-0.05, 0) is 0 Å². The molecule has 0 aliphatic carbocycles. The molecule has 0 aromatic heterocycles. The molecule has 0 bridgehead atoms. The first-order chi connectivity index (χ1) is 6.05. The molecule has 0 aromatic carbocycles. The number of hydrogen-bond donors (Lipinski definition) is 0. The molecule has 0 aliphatic rings. The van der Waals surface area contributed by atoms with Gasteiger partial charge in [-0.2, -0.15) is 0 Å². The van der Waals surface area contributed by atoms with Crippen LogP contribution in [-0.2, 0) is 29.2 Å². The van der Waals surface area contributed by atoms with Gasteiger partial charge >= 0.3 is 5.97 Å². The van der Waals surface area contributed by atoms with Crippen molar-refractivity contribution in [1.29, 1.82) is 0 Å². The van der Waals surface area contributed by atoms with E-state index in [1.165, 1.54) is 0 Å². The SMILES string of the molecule is CC(=O)OCC(S(C)(=O)=O)S(C)(=O)=O. The molecule has 6 nitrogen and oxygen atoms in total. The average Bonchev–Trinajstić information content (AvgIpc) is 1.78. The topological polar surface area (TPSA) is 94.6 Å². The maximum Gasteiger partial charge on any atom is 0.302 e. The highest BCUT2D eigenvalue weighted by Gasteiger charge is 2.32. The smallest absolute Gasteiger partial charge is 0.302 e. The fourth-order valence-electron chi connectivity index (χ4n) is 0.750. The fraction of sp³-hybridized carbons (Fsp3) is 0.833. The molecule has 0 radical (unpaired) electrons. The van der Waals surface area contributed by atoms with Crippen LogP contribution in [0.4, 0.5) is 0 Å². The second kappa shape index (κ2) is 4.26. The van der Waals surface area contributed by atoms with Crippen LogP contribution in [-0.4, -0.2) is 46.5 Å². The molecular weight excluding hydrogens is 232 g/mol. The Morgan fingerprint density at radius 2 is 1.50 bits per heavy atom. The number of sulfone groups is 2. The van der Waals surface area contributed by atoms with E-state index in [1.807, 2.05) is 0 Å². The van der Waals surface area contributed by atoms with Crippen molar-refractivity contribution >= 4 is 25.6 Å². The molecule has 0 unspecified atom stereocenters. The van der Waals surface area contributed by atoms with Gasteiger partial charge in [-0.1, -0.05) is 0 Å². The molecule has 0 spiro atoms. The number of rotatable bonds is 4. The van der Waals surface area contributed by atoms with Crippen LogP contribution in [0.15, 0.2) is 0 Å². The normalized spacial score (nSPS) is 12.9. The predicted octanol–water partition coefficient (Wildman–Crippen LogP) is -1.04. The summed E-state index contributed by atoms with van der Waals surface area (Å²) in [5.41, 5.74) is 0. The first-order valence-corrected chi connectivity index (χ1v) is 7.47. The van der Waals surface area contributed by atoms with E-state index in [0.717, 1.165) is 19.4 Å². The van der Waals surface area contributed by atoms with Gasteiger partial charge in [0.15, 0.2) is 24.3 Å². The van der Waals surface area contributed by atoms with Gasteiger partial charge in [-0.15, -0.1) is 0 Å². The van der Waals surface area contributed by atoms with Crippen LogP contribution in [0, 0.1) is 0 Å². The molecule has 14 heavy (non-hydrogen) atoms. The molecule has 0 atom stereocenters.